The van der Waals surface area contributed by atoms with Crippen LogP contribution in [0.1, 0.15) is 0 Å². The van der Waals surface area contributed by atoms with Gasteiger partial charge in [-0.05, 0) is 12.1 Å². The SMILES string of the molecule is O=C(CSc1nc2[nH]ncc2c(=O)[nH]1)Nc1ccc([N+](=O)[O-])cc1. The molecule has 2 aromatic heterocycles. The fourth-order valence-electron chi connectivity index (χ4n) is 1.89. The Hall–Kier alpha value is -3.21. The molecule has 10 nitrogen and oxygen atoms in total. The molecule has 0 radical (unpaired) electrons. The van der Waals surface area contributed by atoms with Crippen molar-refractivity contribution in [1.82, 2.24) is 20.2 Å². The lowest BCUT2D eigenvalue weighted by Crippen LogP contribution is -2.15. The highest BCUT2D eigenvalue weighted by Crippen LogP contribution is 2.17. The largest absolute Gasteiger partial charge is 0.325 e. The number of benzene rings is 1. The summed E-state index contributed by atoms with van der Waals surface area (Å²) in [5.41, 5.74) is 0.387. The van der Waals surface area contributed by atoms with Crippen LogP contribution in [0.2, 0.25) is 0 Å². The van der Waals surface area contributed by atoms with Crippen LogP contribution in [0.5, 0.6) is 0 Å². The zero-order chi connectivity index (χ0) is 17.1. The maximum atomic E-state index is 11.9. The smallest absolute Gasteiger partial charge is 0.269 e. The van der Waals surface area contributed by atoms with Crippen LogP contribution < -0.4 is 10.9 Å². The lowest BCUT2D eigenvalue weighted by Gasteiger charge is -2.04. The molecule has 24 heavy (non-hydrogen) atoms. The van der Waals surface area contributed by atoms with Gasteiger partial charge in [-0.25, -0.2) is 4.98 Å². The first-order valence-electron chi connectivity index (χ1n) is 6.63. The minimum absolute atomic E-state index is 0.0135. The molecule has 0 aliphatic rings. The van der Waals surface area contributed by atoms with Crippen LogP contribution in [0.15, 0.2) is 40.4 Å². The van der Waals surface area contributed by atoms with Crippen LogP contribution in [0, 0.1) is 10.1 Å². The predicted molar refractivity (Wildman–Crippen MR) is 87.0 cm³/mol. The van der Waals surface area contributed by atoms with E-state index in [0.717, 1.165) is 11.8 Å². The first kappa shape index (κ1) is 15.7. The first-order chi connectivity index (χ1) is 11.5. The summed E-state index contributed by atoms with van der Waals surface area (Å²) in [6.45, 7) is 0. The number of non-ortho nitro benzene ring substituents is 1. The number of carbonyl (C=O) groups is 1. The Morgan fingerprint density at radius 2 is 2.08 bits per heavy atom. The fraction of sp³-hybridized carbons (Fsp3) is 0.0769. The third-order valence-corrected chi connectivity index (χ3v) is 3.87. The molecule has 3 aromatic rings. The number of aromatic amines is 2. The molecular weight excluding hydrogens is 336 g/mol. The zero-order valence-electron chi connectivity index (χ0n) is 12.0. The number of thioether (sulfide) groups is 1. The number of anilines is 1. The van der Waals surface area contributed by atoms with Gasteiger partial charge in [0.15, 0.2) is 10.8 Å². The van der Waals surface area contributed by atoms with E-state index in [9.17, 15) is 19.7 Å². The molecule has 1 amide bonds. The van der Waals surface area contributed by atoms with Crippen molar-refractivity contribution in [3.8, 4) is 0 Å². The second-order valence-corrected chi connectivity index (χ2v) is 5.61. The summed E-state index contributed by atoms with van der Waals surface area (Å²) >= 11 is 1.05. The summed E-state index contributed by atoms with van der Waals surface area (Å²) < 4.78 is 0. The van der Waals surface area contributed by atoms with E-state index in [4.69, 9.17) is 0 Å². The molecule has 0 unspecified atom stereocenters. The van der Waals surface area contributed by atoms with E-state index in [1.54, 1.807) is 0 Å². The highest BCUT2D eigenvalue weighted by Gasteiger charge is 2.10. The number of nitrogens with zero attached hydrogens (tertiary/aromatic N) is 3. The van der Waals surface area contributed by atoms with E-state index in [0.29, 0.717) is 16.7 Å². The van der Waals surface area contributed by atoms with Crippen molar-refractivity contribution in [2.24, 2.45) is 0 Å². The van der Waals surface area contributed by atoms with Crippen molar-refractivity contribution >= 4 is 40.1 Å². The Morgan fingerprint density at radius 1 is 1.33 bits per heavy atom. The van der Waals surface area contributed by atoms with E-state index < -0.39 is 4.92 Å². The Labute approximate surface area is 137 Å². The maximum absolute atomic E-state index is 11.9. The average molecular weight is 346 g/mol. The predicted octanol–water partition coefficient (Wildman–Crippen LogP) is 1.29. The van der Waals surface area contributed by atoms with Gasteiger partial charge in [0.25, 0.3) is 11.2 Å². The number of carbonyl (C=O) groups excluding carboxylic acids is 1. The summed E-state index contributed by atoms with van der Waals surface area (Å²) in [6, 6.07) is 5.48. The molecule has 2 heterocycles. The van der Waals surface area contributed by atoms with Gasteiger partial charge < -0.3 is 10.3 Å². The molecule has 3 rings (SSSR count). The van der Waals surface area contributed by atoms with E-state index in [-0.39, 0.29) is 28.1 Å². The number of nitro groups is 1. The highest BCUT2D eigenvalue weighted by molar-refractivity contribution is 7.99. The quantitative estimate of drug-likeness (QED) is 0.273. The Kier molecular flexibility index (Phi) is 4.24. The number of H-pyrrole nitrogens is 2. The number of fused-ring (bicyclic) bond motifs is 1. The lowest BCUT2D eigenvalue weighted by atomic mass is 10.3. The zero-order valence-corrected chi connectivity index (χ0v) is 12.8. The highest BCUT2D eigenvalue weighted by atomic mass is 32.2. The molecule has 1 aromatic carbocycles. The second-order valence-electron chi connectivity index (χ2n) is 4.64. The third kappa shape index (κ3) is 3.41. The van der Waals surface area contributed by atoms with Crippen LogP contribution in [0.3, 0.4) is 0 Å². The fourth-order valence-corrected chi connectivity index (χ4v) is 2.55. The summed E-state index contributed by atoms with van der Waals surface area (Å²) in [5, 5.41) is 20.1. The Balaban J connectivity index is 1.62. The Morgan fingerprint density at radius 3 is 2.79 bits per heavy atom. The molecule has 11 heteroatoms. The molecule has 0 aliphatic carbocycles. The lowest BCUT2D eigenvalue weighted by molar-refractivity contribution is -0.384. The molecule has 0 spiro atoms. The number of nitro benzene ring substituents is 1. The average Bonchev–Trinajstić information content (AvgIpc) is 3.02. The van der Waals surface area contributed by atoms with Gasteiger partial charge in [-0.15, -0.1) is 0 Å². The van der Waals surface area contributed by atoms with E-state index in [2.05, 4.69) is 25.5 Å². The van der Waals surface area contributed by atoms with Crippen molar-refractivity contribution in [3.05, 3.63) is 50.9 Å². The van der Waals surface area contributed by atoms with Crippen molar-refractivity contribution < 1.29 is 9.72 Å². The second kappa shape index (κ2) is 6.50. The molecule has 0 saturated heterocycles. The topological polar surface area (TPSA) is 147 Å². The number of amides is 1. The van der Waals surface area contributed by atoms with Gasteiger partial charge in [0.1, 0.15) is 5.39 Å². The van der Waals surface area contributed by atoms with Gasteiger partial charge in [0.2, 0.25) is 5.91 Å². The molecule has 0 atom stereocenters. The summed E-state index contributed by atoms with van der Waals surface area (Å²) in [6.07, 6.45) is 1.37. The number of hydrogen-bond acceptors (Lipinski definition) is 7. The molecule has 122 valence electrons. The van der Waals surface area contributed by atoms with Gasteiger partial charge in [-0.3, -0.25) is 24.8 Å². The number of aromatic nitrogens is 4. The van der Waals surface area contributed by atoms with Crippen molar-refractivity contribution in [3.63, 3.8) is 0 Å². The minimum atomic E-state index is -0.519. The standard InChI is InChI=1S/C13H10N6O4S/c20-10(15-7-1-3-8(4-2-7)19(22)23)6-24-13-16-11-9(5-14-18-11)12(21)17-13/h1-5H,6H2,(H,15,20)(H2,14,16,17,18,21). The molecule has 0 fully saturated rings. The Bertz CT molecular complexity index is 965. The van der Waals surface area contributed by atoms with Gasteiger partial charge >= 0.3 is 0 Å². The van der Waals surface area contributed by atoms with Gasteiger partial charge in [0, 0.05) is 17.8 Å². The molecule has 3 N–H and O–H groups in total. The van der Waals surface area contributed by atoms with Crippen LogP contribution in [-0.2, 0) is 4.79 Å². The van der Waals surface area contributed by atoms with Crippen molar-refractivity contribution in [1.29, 1.82) is 0 Å². The van der Waals surface area contributed by atoms with E-state index in [1.807, 2.05) is 0 Å². The monoisotopic (exact) mass is 346 g/mol. The molecule has 0 aliphatic heterocycles. The van der Waals surface area contributed by atoms with Crippen LogP contribution in [0.25, 0.3) is 11.0 Å². The number of rotatable bonds is 5. The normalized spacial score (nSPS) is 10.7. The molecular formula is C13H10N6O4S. The summed E-state index contributed by atoms with van der Waals surface area (Å²) in [4.78, 5) is 40.4. The molecule has 0 saturated carbocycles. The maximum Gasteiger partial charge on any atom is 0.269 e. The van der Waals surface area contributed by atoms with Gasteiger partial charge in [-0.2, -0.15) is 5.10 Å². The van der Waals surface area contributed by atoms with Crippen LogP contribution in [0.4, 0.5) is 11.4 Å². The minimum Gasteiger partial charge on any atom is -0.325 e. The molecule has 0 bridgehead atoms. The van der Waals surface area contributed by atoms with Crippen LogP contribution >= 0.6 is 11.8 Å². The van der Waals surface area contributed by atoms with Gasteiger partial charge in [0.05, 0.1) is 16.9 Å². The van der Waals surface area contributed by atoms with Crippen molar-refractivity contribution in [2.75, 3.05) is 11.1 Å². The van der Waals surface area contributed by atoms with E-state index >= 15 is 0 Å². The third-order valence-electron chi connectivity index (χ3n) is 3.00. The van der Waals surface area contributed by atoms with Crippen LogP contribution in [-0.4, -0.2) is 36.7 Å². The number of hydrogen-bond donors (Lipinski definition) is 3. The first-order valence-corrected chi connectivity index (χ1v) is 7.62. The summed E-state index contributed by atoms with van der Waals surface area (Å²) in [5.74, 6) is -0.319. The van der Waals surface area contributed by atoms with Crippen molar-refractivity contribution in [2.45, 2.75) is 5.16 Å². The van der Waals surface area contributed by atoms with Gasteiger partial charge in [-0.1, -0.05) is 11.8 Å². The summed E-state index contributed by atoms with van der Waals surface area (Å²) in [7, 11) is 0. The van der Waals surface area contributed by atoms with E-state index in [1.165, 1.54) is 30.5 Å². The number of nitrogens with one attached hydrogen (secondary N) is 3.